The largest absolute Gasteiger partial charge is 0.481 e. The van der Waals surface area contributed by atoms with Crippen molar-refractivity contribution in [3.8, 4) is 0 Å². The van der Waals surface area contributed by atoms with Crippen LogP contribution in [0.4, 0.5) is 4.39 Å². The van der Waals surface area contributed by atoms with E-state index in [1.807, 2.05) is 0 Å². The number of amides is 1. The van der Waals surface area contributed by atoms with Gasteiger partial charge in [0.15, 0.2) is 0 Å². The minimum Gasteiger partial charge on any atom is -0.481 e. The second kappa shape index (κ2) is 5.38. The Hall–Kier alpha value is -1.91. The normalized spacial score (nSPS) is 24.6. The molecular weight excluding hydrogens is 249 g/mol. The van der Waals surface area contributed by atoms with Crippen LogP contribution in [0.15, 0.2) is 24.3 Å². The molecule has 3 atom stereocenters. The van der Waals surface area contributed by atoms with Crippen molar-refractivity contribution in [3.63, 3.8) is 0 Å². The van der Waals surface area contributed by atoms with Gasteiger partial charge in [0.2, 0.25) is 5.91 Å². The number of carboxylic acid groups (broad SMARTS) is 1. The number of piperidine rings is 1. The summed E-state index contributed by atoms with van der Waals surface area (Å²) in [7, 11) is 0. The van der Waals surface area contributed by atoms with Crippen LogP contribution < -0.4 is 5.32 Å². The number of hydrogen-bond donors (Lipinski definition) is 2. The number of nitrogens with one attached hydrogen (secondary N) is 1. The molecule has 1 amide bonds. The number of hydrogen-bond acceptors (Lipinski definition) is 2. The molecule has 102 valence electrons. The average molecular weight is 265 g/mol. The molecule has 1 saturated heterocycles. The molecule has 1 aliphatic heterocycles. The predicted octanol–water partition coefficient (Wildman–Crippen LogP) is 1.77. The first kappa shape index (κ1) is 13.5. The third-order valence-electron chi connectivity index (χ3n) is 3.79. The Labute approximate surface area is 110 Å². The first-order valence-corrected chi connectivity index (χ1v) is 6.24. The number of rotatable bonds is 3. The van der Waals surface area contributed by atoms with E-state index in [-0.39, 0.29) is 30.0 Å². The molecule has 1 heterocycles. The minimum absolute atomic E-state index is 0.0943. The predicted molar refractivity (Wildman–Crippen MR) is 67.1 cm³/mol. The van der Waals surface area contributed by atoms with Gasteiger partial charge in [-0.15, -0.1) is 0 Å². The summed E-state index contributed by atoms with van der Waals surface area (Å²) in [5, 5.41) is 11.8. The highest BCUT2D eigenvalue weighted by atomic mass is 19.1. The van der Waals surface area contributed by atoms with Gasteiger partial charge >= 0.3 is 5.97 Å². The highest BCUT2D eigenvalue weighted by Gasteiger charge is 2.36. The van der Waals surface area contributed by atoms with Crippen LogP contribution in [0, 0.1) is 17.7 Å². The van der Waals surface area contributed by atoms with E-state index in [1.54, 1.807) is 19.1 Å². The number of halogens is 1. The van der Waals surface area contributed by atoms with E-state index in [2.05, 4.69) is 5.32 Å². The molecule has 1 aromatic rings. The van der Waals surface area contributed by atoms with Gasteiger partial charge in [0.25, 0.3) is 0 Å². The molecule has 1 fully saturated rings. The third kappa shape index (κ3) is 2.92. The molecule has 0 bridgehead atoms. The fourth-order valence-corrected chi connectivity index (χ4v) is 2.58. The molecular formula is C14H16FNO3. The van der Waals surface area contributed by atoms with Crippen LogP contribution in [0.5, 0.6) is 0 Å². The molecule has 1 aliphatic rings. The second-order valence-electron chi connectivity index (χ2n) is 4.96. The molecule has 4 nitrogen and oxygen atoms in total. The van der Waals surface area contributed by atoms with Crippen LogP contribution in [0.3, 0.4) is 0 Å². The van der Waals surface area contributed by atoms with Gasteiger partial charge in [0, 0.05) is 13.0 Å². The number of carbonyl (C=O) groups excluding carboxylic acids is 1. The lowest BCUT2D eigenvalue weighted by Gasteiger charge is -2.34. The van der Waals surface area contributed by atoms with Crippen molar-refractivity contribution in [2.45, 2.75) is 19.3 Å². The van der Waals surface area contributed by atoms with Gasteiger partial charge in [-0.3, -0.25) is 9.59 Å². The molecule has 5 heteroatoms. The monoisotopic (exact) mass is 265 g/mol. The van der Waals surface area contributed by atoms with Gasteiger partial charge in [-0.25, -0.2) is 4.39 Å². The van der Waals surface area contributed by atoms with Crippen LogP contribution in [-0.2, 0) is 9.59 Å². The van der Waals surface area contributed by atoms with E-state index in [9.17, 15) is 14.0 Å². The summed E-state index contributed by atoms with van der Waals surface area (Å²) in [6.45, 7) is 1.98. The summed E-state index contributed by atoms with van der Waals surface area (Å²) < 4.78 is 12.9. The van der Waals surface area contributed by atoms with Crippen LogP contribution in [-0.4, -0.2) is 23.5 Å². The fourth-order valence-electron chi connectivity index (χ4n) is 2.58. The average Bonchev–Trinajstić information content (AvgIpc) is 2.38. The Bertz CT molecular complexity index is 486. The van der Waals surface area contributed by atoms with Crippen molar-refractivity contribution in [2.75, 3.05) is 6.54 Å². The van der Waals surface area contributed by atoms with Gasteiger partial charge in [-0.1, -0.05) is 19.1 Å². The smallest absolute Gasteiger partial charge is 0.306 e. The van der Waals surface area contributed by atoms with Crippen LogP contribution >= 0.6 is 0 Å². The molecule has 0 aromatic heterocycles. The molecule has 0 radical (unpaired) electrons. The maximum Gasteiger partial charge on any atom is 0.306 e. The van der Waals surface area contributed by atoms with E-state index >= 15 is 0 Å². The van der Waals surface area contributed by atoms with Crippen molar-refractivity contribution in [3.05, 3.63) is 35.6 Å². The van der Waals surface area contributed by atoms with Crippen molar-refractivity contribution < 1.29 is 19.1 Å². The third-order valence-corrected chi connectivity index (χ3v) is 3.79. The van der Waals surface area contributed by atoms with Crippen molar-refractivity contribution >= 4 is 11.9 Å². The highest BCUT2D eigenvalue weighted by Crippen LogP contribution is 2.35. The topological polar surface area (TPSA) is 66.4 Å². The van der Waals surface area contributed by atoms with Crippen LogP contribution in [0.2, 0.25) is 0 Å². The van der Waals surface area contributed by atoms with Gasteiger partial charge in [-0.05, 0) is 29.5 Å². The first-order chi connectivity index (χ1) is 8.99. The molecule has 1 aromatic carbocycles. The molecule has 0 saturated carbocycles. The van der Waals surface area contributed by atoms with Gasteiger partial charge in [0.05, 0.1) is 5.92 Å². The molecule has 2 N–H and O–H groups in total. The quantitative estimate of drug-likeness (QED) is 0.875. The van der Waals surface area contributed by atoms with Gasteiger partial charge < -0.3 is 10.4 Å². The summed E-state index contributed by atoms with van der Waals surface area (Å²) in [5.41, 5.74) is 0.814. The summed E-state index contributed by atoms with van der Waals surface area (Å²) in [6, 6.07) is 5.93. The molecule has 0 spiro atoms. The van der Waals surface area contributed by atoms with E-state index in [4.69, 9.17) is 5.11 Å². The zero-order chi connectivity index (χ0) is 14.0. The summed E-state index contributed by atoms with van der Waals surface area (Å²) in [5.74, 6) is -2.24. The summed E-state index contributed by atoms with van der Waals surface area (Å²) in [6.07, 6.45) is 0.244. The van der Waals surface area contributed by atoms with Crippen LogP contribution in [0.25, 0.3) is 0 Å². The Morgan fingerprint density at radius 3 is 2.63 bits per heavy atom. The Kier molecular flexibility index (Phi) is 3.83. The van der Waals surface area contributed by atoms with Crippen molar-refractivity contribution in [1.29, 1.82) is 0 Å². The standard InChI is InChI=1S/C14H16FNO3/c1-8(14(18)19)12-7-16-13(17)6-11(12)9-2-4-10(15)5-3-9/h2-5,8,11-12H,6-7H2,1H3,(H,16,17)(H,18,19)/t8?,11-,12-/m1/s1. The fraction of sp³-hybridized carbons (Fsp3) is 0.429. The first-order valence-electron chi connectivity index (χ1n) is 6.24. The minimum atomic E-state index is -0.881. The lowest BCUT2D eigenvalue weighted by atomic mass is 9.74. The van der Waals surface area contributed by atoms with Gasteiger partial charge in [-0.2, -0.15) is 0 Å². The molecule has 0 aliphatic carbocycles. The lowest BCUT2D eigenvalue weighted by molar-refractivity contribution is -0.144. The summed E-state index contributed by atoms with van der Waals surface area (Å²) >= 11 is 0. The maximum atomic E-state index is 12.9. The molecule has 2 rings (SSSR count). The SMILES string of the molecule is CC(C(=O)O)[C@H]1CNC(=O)C[C@@H]1c1ccc(F)cc1. The zero-order valence-corrected chi connectivity index (χ0v) is 10.6. The Morgan fingerprint density at radius 1 is 1.42 bits per heavy atom. The van der Waals surface area contributed by atoms with E-state index in [1.165, 1.54) is 12.1 Å². The summed E-state index contributed by atoms with van der Waals surface area (Å²) in [4.78, 5) is 22.7. The van der Waals surface area contributed by atoms with Crippen LogP contribution in [0.1, 0.15) is 24.8 Å². The Balaban J connectivity index is 2.28. The Morgan fingerprint density at radius 2 is 2.05 bits per heavy atom. The van der Waals surface area contributed by atoms with E-state index in [0.717, 1.165) is 5.56 Å². The van der Waals surface area contributed by atoms with Gasteiger partial charge in [0.1, 0.15) is 5.82 Å². The number of carboxylic acids is 1. The van der Waals surface area contributed by atoms with E-state index < -0.39 is 11.9 Å². The van der Waals surface area contributed by atoms with E-state index in [0.29, 0.717) is 6.54 Å². The number of benzene rings is 1. The maximum absolute atomic E-state index is 12.9. The zero-order valence-electron chi connectivity index (χ0n) is 10.6. The molecule has 19 heavy (non-hydrogen) atoms. The van der Waals surface area contributed by atoms with Crippen molar-refractivity contribution in [2.24, 2.45) is 11.8 Å². The lowest BCUT2D eigenvalue weighted by Crippen LogP contribution is -2.44. The van der Waals surface area contributed by atoms with Crippen molar-refractivity contribution in [1.82, 2.24) is 5.32 Å². The number of aliphatic carboxylic acids is 1. The molecule has 1 unspecified atom stereocenters. The second-order valence-corrected chi connectivity index (χ2v) is 4.96. The number of carbonyl (C=O) groups is 2. The highest BCUT2D eigenvalue weighted by molar-refractivity contribution is 5.79.